The molecule has 0 N–H and O–H groups in total. The van der Waals surface area contributed by atoms with E-state index >= 15 is 0 Å². The molecule has 0 unspecified atom stereocenters. The molecule has 0 radical (unpaired) electrons. The van der Waals surface area contributed by atoms with Gasteiger partial charge in [0, 0.05) is 5.75 Å². The summed E-state index contributed by atoms with van der Waals surface area (Å²) in [5, 5.41) is 11.0. The molecule has 8 heteroatoms. The number of esters is 1. The molecule has 0 aliphatic heterocycles. The smallest absolute Gasteiger partial charge is 0.327 e. The van der Waals surface area contributed by atoms with Crippen LogP contribution in [0, 0.1) is 0 Å². The normalized spacial score (nSPS) is 10.1. The molecule has 1 rings (SSSR count). The molecule has 1 aromatic heterocycles. The standard InChI is InChI=1S/C6H9FN4O2S/c1-13-5(12)4-11-6(8-9-10-11)14-3-2-7/h2-4H2,1H3. The highest BCUT2D eigenvalue weighted by atomic mass is 32.2. The minimum absolute atomic E-state index is 0.0574. The summed E-state index contributed by atoms with van der Waals surface area (Å²) in [7, 11) is 1.28. The molecule has 0 spiro atoms. The van der Waals surface area contributed by atoms with Crippen molar-refractivity contribution in [1.29, 1.82) is 0 Å². The van der Waals surface area contributed by atoms with Crippen LogP contribution in [-0.4, -0.2) is 45.7 Å². The molecule has 0 amide bonds. The van der Waals surface area contributed by atoms with Crippen molar-refractivity contribution in [3.63, 3.8) is 0 Å². The lowest BCUT2D eigenvalue weighted by Gasteiger charge is -2.00. The number of carbonyl (C=O) groups is 1. The van der Waals surface area contributed by atoms with Crippen LogP contribution in [0.4, 0.5) is 4.39 Å². The molecule has 1 aromatic rings. The van der Waals surface area contributed by atoms with Crippen molar-refractivity contribution in [1.82, 2.24) is 20.2 Å². The summed E-state index contributed by atoms with van der Waals surface area (Å²) in [4.78, 5) is 10.9. The molecule has 0 bridgehead atoms. The minimum atomic E-state index is -0.463. The zero-order valence-electron chi connectivity index (χ0n) is 7.51. The Morgan fingerprint density at radius 3 is 3.14 bits per heavy atom. The molecule has 0 fully saturated rings. The second kappa shape index (κ2) is 5.53. The van der Waals surface area contributed by atoms with Crippen molar-refractivity contribution in [2.45, 2.75) is 11.7 Å². The van der Waals surface area contributed by atoms with Crippen LogP contribution < -0.4 is 0 Å². The summed E-state index contributed by atoms with van der Waals surface area (Å²) in [5.41, 5.74) is 0. The quantitative estimate of drug-likeness (QED) is 0.510. The maximum atomic E-state index is 11.9. The van der Waals surface area contributed by atoms with Gasteiger partial charge in [0.25, 0.3) is 0 Å². The Bertz CT molecular complexity index is 306. The van der Waals surface area contributed by atoms with Crippen LogP contribution >= 0.6 is 11.8 Å². The van der Waals surface area contributed by atoms with Gasteiger partial charge in [0.2, 0.25) is 5.16 Å². The van der Waals surface area contributed by atoms with Gasteiger partial charge in [-0.25, -0.2) is 4.68 Å². The van der Waals surface area contributed by atoms with Crippen molar-refractivity contribution in [2.24, 2.45) is 0 Å². The summed E-state index contributed by atoms with van der Waals surface area (Å²) in [5.74, 6) is -0.180. The number of thioether (sulfide) groups is 1. The van der Waals surface area contributed by atoms with Crippen LogP contribution in [0.3, 0.4) is 0 Å². The number of ether oxygens (including phenoxy) is 1. The van der Waals surface area contributed by atoms with Crippen molar-refractivity contribution in [2.75, 3.05) is 19.5 Å². The molecule has 0 atom stereocenters. The van der Waals surface area contributed by atoms with Crippen molar-refractivity contribution < 1.29 is 13.9 Å². The van der Waals surface area contributed by atoms with Gasteiger partial charge in [-0.2, -0.15) is 0 Å². The first-order chi connectivity index (χ1) is 6.77. The van der Waals surface area contributed by atoms with Crippen molar-refractivity contribution >= 4 is 17.7 Å². The van der Waals surface area contributed by atoms with Crippen LogP contribution in [0.1, 0.15) is 0 Å². The maximum Gasteiger partial charge on any atom is 0.327 e. The van der Waals surface area contributed by atoms with Crippen molar-refractivity contribution in [3.05, 3.63) is 0 Å². The number of halogens is 1. The summed E-state index contributed by atoms with van der Waals surface area (Å²) in [6.45, 7) is -0.520. The second-order valence-electron chi connectivity index (χ2n) is 2.23. The number of hydrogen-bond acceptors (Lipinski definition) is 6. The van der Waals surface area contributed by atoms with Gasteiger partial charge in [0.1, 0.15) is 6.54 Å². The van der Waals surface area contributed by atoms with E-state index in [1.807, 2.05) is 0 Å². The van der Waals surface area contributed by atoms with E-state index in [1.54, 1.807) is 0 Å². The van der Waals surface area contributed by atoms with Crippen LogP contribution in [0.2, 0.25) is 0 Å². The van der Waals surface area contributed by atoms with Gasteiger partial charge in [0.05, 0.1) is 13.8 Å². The number of nitrogens with zero attached hydrogens (tertiary/aromatic N) is 4. The topological polar surface area (TPSA) is 69.9 Å². The number of hydrogen-bond donors (Lipinski definition) is 0. The zero-order valence-corrected chi connectivity index (χ0v) is 8.33. The summed E-state index contributed by atoms with van der Waals surface area (Å²) >= 11 is 1.15. The average molecular weight is 220 g/mol. The predicted molar refractivity (Wildman–Crippen MR) is 46.5 cm³/mol. The van der Waals surface area contributed by atoms with Crippen LogP contribution in [0.15, 0.2) is 5.16 Å². The fraction of sp³-hybridized carbons (Fsp3) is 0.667. The highest BCUT2D eigenvalue weighted by Crippen LogP contribution is 2.12. The summed E-state index contributed by atoms with van der Waals surface area (Å²) < 4.78 is 17.6. The van der Waals surface area contributed by atoms with Crippen LogP contribution in [-0.2, 0) is 16.1 Å². The van der Waals surface area contributed by atoms with E-state index in [4.69, 9.17) is 0 Å². The molecule has 1 heterocycles. The lowest BCUT2D eigenvalue weighted by molar-refractivity contribution is -0.141. The monoisotopic (exact) mass is 220 g/mol. The molecule has 0 saturated carbocycles. The number of alkyl halides is 1. The fourth-order valence-electron chi connectivity index (χ4n) is 0.716. The molecule has 0 aliphatic carbocycles. The number of carbonyl (C=O) groups excluding carboxylic acids is 1. The first-order valence-corrected chi connectivity index (χ1v) is 4.78. The van der Waals surface area contributed by atoms with E-state index in [9.17, 15) is 9.18 Å². The molecule has 6 nitrogen and oxygen atoms in total. The number of tetrazole rings is 1. The third-order valence-corrected chi connectivity index (χ3v) is 2.22. The molecular weight excluding hydrogens is 211 g/mol. The van der Waals surface area contributed by atoms with Gasteiger partial charge in [-0.1, -0.05) is 11.8 Å². The highest BCUT2D eigenvalue weighted by Gasteiger charge is 2.10. The Kier molecular flexibility index (Phi) is 4.30. The van der Waals surface area contributed by atoms with E-state index < -0.39 is 12.6 Å². The summed E-state index contributed by atoms with van der Waals surface area (Å²) in [6, 6.07) is 0. The summed E-state index contributed by atoms with van der Waals surface area (Å²) in [6.07, 6.45) is 0. The van der Waals surface area contributed by atoms with E-state index in [0.29, 0.717) is 5.16 Å². The van der Waals surface area contributed by atoms with E-state index in [0.717, 1.165) is 11.8 Å². The maximum absolute atomic E-state index is 11.9. The minimum Gasteiger partial charge on any atom is -0.468 e. The Labute approximate surface area is 83.8 Å². The molecule has 0 saturated heterocycles. The third kappa shape index (κ3) is 2.95. The fourth-order valence-corrected chi connectivity index (χ4v) is 1.32. The highest BCUT2D eigenvalue weighted by molar-refractivity contribution is 7.99. The Hall–Kier alpha value is -1.18. The Morgan fingerprint density at radius 1 is 1.71 bits per heavy atom. The van der Waals surface area contributed by atoms with Gasteiger partial charge in [0.15, 0.2) is 0 Å². The van der Waals surface area contributed by atoms with Gasteiger partial charge >= 0.3 is 5.97 Å². The number of aromatic nitrogens is 4. The lowest BCUT2D eigenvalue weighted by Crippen LogP contribution is -2.13. The molecule has 0 aliphatic rings. The predicted octanol–water partition coefficient (Wildman–Crippen LogP) is -0.0923. The zero-order chi connectivity index (χ0) is 10.4. The van der Waals surface area contributed by atoms with Crippen LogP contribution in [0.25, 0.3) is 0 Å². The van der Waals surface area contributed by atoms with Gasteiger partial charge in [-0.3, -0.25) is 9.18 Å². The number of rotatable bonds is 5. The Morgan fingerprint density at radius 2 is 2.50 bits per heavy atom. The van der Waals surface area contributed by atoms with Crippen LogP contribution in [0.5, 0.6) is 0 Å². The Balaban J connectivity index is 2.57. The van der Waals surface area contributed by atoms with Gasteiger partial charge in [-0.05, 0) is 10.4 Å². The first kappa shape index (κ1) is 10.9. The van der Waals surface area contributed by atoms with Crippen molar-refractivity contribution in [3.8, 4) is 0 Å². The molecular formula is C6H9FN4O2S. The largest absolute Gasteiger partial charge is 0.468 e. The SMILES string of the molecule is COC(=O)Cn1nnnc1SCCF. The second-order valence-corrected chi connectivity index (χ2v) is 3.29. The lowest BCUT2D eigenvalue weighted by atomic mass is 10.7. The van der Waals surface area contributed by atoms with E-state index in [-0.39, 0.29) is 12.3 Å². The third-order valence-electron chi connectivity index (χ3n) is 1.31. The first-order valence-electron chi connectivity index (χ1n) is 3.79. The van der Waals surface area contributed by atoms with Gasteiger partial charge < -0.3 is 4.74 Å². The van der Waals surface area contributed by atoms with E-state index in [2.05, 4.69) is 20.3 Å². The molecule has 78 valence electrons. The van der Waals surface area contributed by atoms with Gasteiger partial charge in [-0.15, -0.1) is 5.10 Å². The number of methoxy groups -OCH3 is 1. The molecule has 14 heavy (non-hydrogen) atoms. The van der Waals surface area contributed by atoms with E-state index in [1.165, 1.54) is 11.8 Å². The average Bonchev–Trinajstić information content (AvgIpc) is 2.62. The molecule has 0 aromatic carbocycles.